The molecule has 0 saturated carbocycles. The molecule has 0 radical (unpaired) electrons. The first kappa shape index (κ1) is 19.8. The van der Waals surface area contributed by atoms with E-state index in [0.717, 1.165) is 36.9 Å². The molecule has 3 heterocycles. The van der Waals surface area contributed by atoms with E-state index in [1.807, 2.05) is 41.0 Å². The molecule has 1 aromatic heterocycles. The molecule has 0 spiro atoms. The first-order valence-electron chi connectivity index (χ1n) is 10.6. The van der Waals surface area contributed by atoms with Crippen molar-refractivity contribution < 1.29 is 18.7 Å². The van der Waals surface area contributed by atoms with Gasteiger partial charge in [-0.25, -0.2) is 4.79 Å². The third kappa shape index (κ3) is 4.10. The number of carbonyl (C=O) groups is 2. The molecule has 0 bridgehead atoms. The number of piperidine rings is 1. The molecule has 1 aromatic carbocycles. The lowest BCUT2D eigenvalue weighted by Gasteiger charge is -2.38. The van der Waals surface area contributed by atoms with Crippen LogP contribution in [0.1, 0.15) is 42.3 Å². The van der Waals surface area contributed by atoms with Crippen molar-refractivity contribution in [3.63, 3.8) is 0 Å². The summed E-state index contributed by atoms with van der Waals surface area (Å²) in [5, 5.41) is 0.920. The van der Waals surface area contributed by atoms with E-state index >= 15 is 0 Å². The molecule has 0 N–H and O–H groups in total. The molecule has 2 aliphatic rings. The van der Waals surface area contributed by atoms with Gasteiger partial charge in [0, 0.05) is 56.8 Å². The lowest BCUT2D eigenvalue weighted by atomic mass is 10.1. The largest absolute Gasteiger partial charge is 0.451 e. The fraction of sp³-hybridized carbons (Fsp3) is 0.545. The van der Waals surface area contributed by atoms with Gasteiger partial charge in [0.1, 0.15) is 5.58 Å². The Morgan fingerprint density at radius 3 is 2.31 bits per heavy atom. The van der Waals surface area contributed by atoms with E-state index < -0.39 is 0 Å². The van der Waals surface area contributed by atoms with E-state index in [1.54, 1.807) is 4.90 Å². The third-order valence-corrected chi connectivity index (χ3v) is 5.81. The topological polar surface area (TPSA) is 66.2 Å². The Kier molecular flexibility index (Phi) is 6.04. The summed E-state index contributed by atoms with van der Waals surface area (Å²) >= 11 is 0. The minimum absolute atomic E-state index is 0.109. The summed E-state index contributed by atoms with van der Waals surface area (Å²) in [6.07, 6.45) is 3.37. The van der Waals surface area contributed by atoms with Crippen LogP contribution in [0.4, 0.5) is 4.79 Å². The molecule has 7 nitrogen and oxygen atoms in total. The Morgan fingerprint density at radius 1 is 0.931 bits per heavy atom. The summed E-state index contributed by atoms with van der Waals surface area (Å²) in [5.41, 5.74) is 1.50. The molecule has 4 rings (SSSR count). The molecule has 2 fully saturated rings. The Morgan fingerprint density at radius 2 is 1.59 bits per heavy atom. The SMILES string of the molecule is CCOCc1c(C(=O)N2CCN(C(=O)N3CCCCC3)CC2)oc2ccccc12. The molecule has 0 atom stereocenters. The summed E-state index contributed by atoms with van der Waals surface area (Å²) in [5.74, 6) is 0.233. The van der Waals surface area contributed by atoms with Crippen molar-refractivity contribution in [2.75, 3.05) is 45.9 Å². The average molecular weight is 399 g/mol. The molecule has 0 aliphatic carbocycles. The summed E-state index contributed by atoms with van der Waals surface area (Å²) < 4.78 is 11.5. The normalized spacial score (nSPS) is 17.8. The maximum atomic E-state index is 13.2. The number of rotatable bonds is 4. The number of para-hydroxylation sites is 1. The minimum Gasteiger partial charge on any atom is -0.451 e. The van der Waals surface area contributed by atoms with Gasteiger partial charge in [-0.05, 0) is 32.3 Å². The Balaban J connectivity index is 1.45. The predicted octanol–water partition coefficient (Wildman–Crippen LogP) is 3.33. The second-order valence-electron chi connectivity index (χ2n) is 7.65. The maximum Gasteiger partial charge on any atom is 0.320 e. The van der Waals surface area contributed by atoms with E-state index in [4.69, 9.17) is 9.15 Å². The number of carbonyl (C=O) groups excluding carboxylic acids is 2. The number of benzene rings is 1. The van der Waals surface area contributed by atoms with Gasteiger partial charge in [0.2, 0.25) is 0 Å². The average Bonchev–Trinajstić information content (AvgIpc) is 3.16. The minimum atomic E-state index is -0.124. The number of hydrogen-bond donors (Lipinski definition) is 0. The number of urea groups is 1. The van der Waals surface area contributed by atoms with Crippen LogP contribution in [0.5, 0.6) is 0 Å². The zero-order chi connectivity index (χ0) is 20.2. The number of ether oxygens (including phenoxy) is 1. The third-order valence-electron chi connectivity index (χ3n) is 5.81. The molecule has 2 aromatic rings. The fourth-order valence-corrected chi connectivity index (χ4v) is 4.15. The second-order valence-corrected chi connectivity index (χ2v) is 7.65. The highest BCUT2D eigenvalue weighted by Gasteiger charge is 2.31. The van der Waals surface area contributed by atoms with Crippen LogP contribution in [0, 0.1) is 0 Å². The van der Waals surface area contributed by atoms with Gasteiger partial charge in [-0.1, -0.05) is 18.2 Å². The van der Waals surface area contributed by atoms with E-state index in [0.29, 0.717) is 50.7 Å². The molecule has 3 amide bonds. The van der Waals surface area contributed by atoms with Gasteiger partial charge < -0.3 is 23.9 Å². The van der Waals surface area contributed by atoms with Crippen molar-refractivity contribution in [2.45, 2.75) is 32.8 Å². The highest BCUT2D eigenvalue weighted by Crippen LogP contribution is 2.28. The zero-order valence-electron chi connectivity index (χ0n) is 17.1. The van der Waals surface area contributed by atoms with Crippen LogP contribution in [-0.4, -0.2) is 72.5 Å². The molecule has 2 saturated heterocycles. The Labute approximate surface area is 171 Å². The molecule has 156 valence electrons. The first-order chi connectivity index (χ1) is 14.2. The Bertz CT molecular complexity index is 864. The van der Waals surface area contributed by atoms with E-state index in [2.05, 4.69) is 0 Å². The number of amides is 3. The van der Waals surface area contributed by atoms with Crippen LogP contribution in [-0.2, 0) is 11.3 Å². The summed E-state index contributed by atoms with van der Waals surface area (Å²) in [6, 6.07) is 7.77. The van der Waals surface area contributed by atoms with Crippen LogP contribution in [0.3, 0.4) is 0 Å². The standard InChI is InChI=1S/C22H29N3O4/c1-2-28-16-18-17-8-4-5-9-19(17)29-20(18)21(26)23-12-14-25(15-13-23)22(27)24-10-6-3-7-11-24/h4-5,8-9H,2-3,6-7,10-16H2,1H3. The van der Waals surface area contributed by atoms with Crippen molar-refractivity contribution >= 4 is 22.9 Å². The first-order valence-corrected chi connectivity index (χ1v) is 10.6. The number of fused-ring (bicyclic) bond motifs is 1. The molecule has 29 heavy (non-hydrogen) atoms. The van der Waals surface area contributed by atoms with E-state index in [-0.39, 0.29) is 11.9 Å². The molecule has 0 unspecified atom stereocenters. The van der Waals surface area contributed by atoms with Crippen LogP contribution >= 0.6 is 0 Å². The van der Waals surface area contributed by atoms with Crippen molar-refractivity contribution in [1.29, 1.82) is 0 Å². The number of piperazine rings is 1. The molecular formula is C22H29N3O4. The van der Waals surface area contributed by atoms with Crippen molar-refractivity contribution in [2.24, 2.45) is 0 Å². The lowest BCUT2D eigenvalue weighted by molar-refractivity contribution is 0.0598. The predicted molar refractivity (Wildman–Crippen MR) is 110 cm³/mol. The smallest absolute Gasteiger partial charge is 0.320 e. The van der Waals surface area contributed by atoms with Crippen molar-refractivity contribution in [3.8, 4) is 0 Å². The van der Waals surface area contributed by atoms with Gasteiger partial charge in [0.15, 0.2) is 5.76 Å². The molecular weight excluding hydrogens is 370 g/mol. The van der Waals surface area contributed by atoms with Crippen LogP contribution in [0.15, 0.2) is 28.7 Å². The quantitative estimate of drug-likeness (QED) is 0.791. The lowest BCUT2D eigenvalue weighted by Crippen LogP contribution is -2.54. The zero-order valence-corrected chi connectivity index (χ0v) is 17.1. The number of nitrogens with zero attached hydrogens (tertiary/aromatic N) is 3. The number of likely N-dealkylation sites (tertiary alicyclic amines) is 1. The summed E-state index contributed by atoms with van der Waals surface area (Å²) in [4.78, 5) is 31.5. The van der Waals surface area contributed by atoms with Crippen LogP contribution in [0.25, 0.3) is 11.0 Å². The summed E-state index contributed by atoms with van der Waals surface area (Å²) in [6.45, 7) is 6.70. The number of hydrogen-bond acceptors (Lipinski definition) is 4. The van der Waals surface area contributed by atoms with Gasteiger partial charge in [-0.2, -0.15) is 0 Å². The summed E-state index contributed by atoms with van der Waals surface area (Å²) in [7, 11) is 0. The highest BCUT2D eigenvalue weighted by molar-refractivity contribution is 5.99. The fourth-order valence-electron chi connectivity index (χ4n) is 4.15. The molecule has 7 heteroatoms. The van der Waals surface area contributed by atoms with Gasteiger partial charge in [-0.3, -0.25) is 4.79 Å². The molecule has 2 aliphatic heterocycles. The number of furan rings is 1. The van der Waals surface area contributed by atoms with Gasteiger partial charge in [0.05, 0.1) is 6.61 Å². The van der Waals surface area contributed by atoms with E-state index in [1.165, 1.54) is 6.42 Å². The van der Waals surface area contributed by atoms with E-state index in [9.17, 15) is 9.59 Å². The Hall–Kier alpha value is -2.54. The van der Waals surface area contributed by atoms with Gasteiger partial charge in [-0.15, -0.1) is 0 Å². The van der Waals surface area contributed by atoms with Crippen LogP contribution in [0.2, 0.25) is 0 Å². The van der Waals surface area contributed by atoms with Gasteiger partial charge in [0.25, 0.3) is 5.91 Å². The monoisotopic (exact) mass is 399 g/mol. The van der Waals surface area contributed by atoms with Crippen molar-refractivity contribution in [3.05, 3.63) is 35.6 Å². The second kappa shape index (κ2) is 8.86. The van der Waals surface area contributed by atoms with Crippen LogP contribution < -0.4 is 0 Å². The van der Waals surface area contributed by atoms with Gasteiger partial charge >= 0.3 is 6.03 Å². The maximum absolute atomic E-state index is 13.2. The highest BCUT2D eigenvalue weighted by atomic mass is 16.5. The van der Waals surface area contributed by atoms with Crippen molar-refractivity contribution in [1.82, 2.24) is 14.7 Å².